The lowest BCUT2D eigenvalue weighted by Crippen LogP contribution is -2.30. The number of nitrogen functional groups attached to an aromatic ring is 1. The fourth-order valence-corrected chi connectivity index (χ4v) is 3.16. The van der Waals surface area contributed by atoms with Gasteiger partial charge in [-0.1, -0.05) is 17.7 Å². The Balaban J connectivity index is 1.91. The Kier molecular flexibility index (Phi) is 6.45. The van der Waals surface area contributed by atoms with E-state index in [4.69, 9.17) is 27.5 Å². The summed E-state index contributed by atoms with van der Waals surface area (Å²) in [5, 5.41) is 18.2. The summed E-state index contributed by atoms with van der Waals surface area (Å²) in [6.45, 7) is 3.79. The molecule has 1 heterocycles. The molecular formula is C21H24ClN7O2. The Morgan fingerprint density at radius 1 is 1.32 bits per heavy atom. The lowest BCUT2D eigenvalue weighted by atomic mass is 10.1. The van der Waals surface area contributed by atoms with Gasteiger partial charge in [0.05, 0.1) is 23.4 Å². The highest BCUT2D eigenvalue weighted by molar-refractivity contribution is 6.34. The number of nitrogens with one attached hydrogen (secondary N) is 3. The van der Waals surface area contributed by atoms with E-state index in [2.05, 4.69) is 20.7 Å². The highest BCUT2D eigenvalue weighted by atomic mass is 35.5. The zero-order valence-electron chi connectivity index (χ0n) is 17.7. The molecule has 0 aliphatic heterocycles. The first kappa shape index (κ1) is 22.1. The number of carbonyl (C=O) groups excluding carboxylic acids is 1. The molecular weight excluding hydrogens is 418 g/mol. The zero-order chi connectivity index (χ0) is 22.7. The Hall–Kier alpha value is -3.59. The van der Waals surface area contributed by atoms with Crippen LogP contribution in [0.5, 0.6) is 5.75 Å². The average Bonchev–Trinajstić information content (AvgIpc) is 3.09. The maximum Gasteiger partial charge on any atom is 0.255 e. The maximum absolute atomic E-state index is 12.4. The van der Waals surface area contributed by atoms with Gasteiger partial charge in [-0.2, -0.15) is 4.98 Å². The molecule has 162 valence electrons. The van der Waals surface area contributed by atoms with Crippen molar-refractivity contribution < 1.29 is 9.53 Å². The summed E-state index contributed by atoms with van der Waals surface area (Å²) in [5.74, 6) is 1.14. The van der Waals surface area contributed by atoms with Crippen molar-refractivity contribution in [3.05, 3.63) is 46.5 Å². The number of amides is 1. The standard InChI is InChI=1S/C21H24ClN7O2/c1-11(2)25-20(30)15-6-5-12(8-17(15)31-4)19-27-21(29(3)28-19)26-14-7-13(10-23)18(24)16(22)9-14/h5-11,23H,24H2,1-4H3,(H,25,30)(H,26,27,28). The fourth-order valence-electron chi connectivity index (χ4n) is 2.93. The second-order valence-corrected chi connectivity index (χ2v) is 7.56. The van der Waals surface area contributed by atoms with Crippen LogP contribution in [0.3, 0.4) is 0 Å². The third-order valence-electron chi connectivity index (χ3n) is 4.46. The van der Waals surface area contributed by atoms with Gasteiger partial charge in [0.15, 0.2) is 5.82 Å². The van der Waals surface area contributed by atoms with Crippen molar-refractivity contribution in [2.45, 2.75) is 19.9 Å². The maximum atomic E-state index is 12.4. The molecule has 10 heteroatoms. The molecule has 0 saturated carbocycles. The van der Waals surface area contributed by atoms with E-state index in [1.807, 2.05) is 13.8 Å². The molecule has 0 atom stereocenters. The second kappa shape index (κ2) is 9.05. The minimum Gasteiger partial charge on any atom is -0.496 e. The van der Waals surface area contributed by atoms with Gasteiger partial charge in [0.2, 0.25) is 5.95 Å². The number of aromatic nitrogens is 3. The van der Waals surface area contributed by atoms with Gasteiger partial charge in [0, 0.05) is 36.1 Å². The van der Waals surface area contributed by atoms with Crippen LogP contribution in [-0.4, -0.2) is 40.0 Å². The normalized spacial score (nSPS) is 10.8. The summed E-state index contributed by atoms with van der Waals surface area (Å²) < 4.78 is 6.99. The Morgan fingerprint density at radius 3 is 2.71 bits per heavy atom. The van der Waals surface area contributed by atoms with Gasteiger partial charge in [-0.25, -0.2) is 4.68 Å². The first-order chi connectivity index (χ1) is 14.7. The van der Waals surface area contributed by atoms with E-state index < -0.39 is 0 Å². The first-order valence-electron chi connectivity index (χ1n) is 9.50. The number of methoxy groups -OCH3 is 1. The van der Waals surface area contributed by atoms with Gasteiger partial charge >= 0.3 is 0 Å². The van der Waals surface area contributed by atoms with E-state index in [9.17, 15) is 4.79 Å². The van der Waals surface area contributed by atoms with E-state index in [0.717, 1.165) is 6.21 Å². The summed E-state index contributed by atoms with van der Waals surface area (Å²) in [7, 11) is 3.26. The fraction of sp³-hybridized carbons (Fsp3) is 0.238. The van der Waals surface area contributed by atoms with Gasteiger partial charge in [-0.05, 0) is 38.1 Å². The summed E-state index contributed by atoms with van der Waals surface area (Å²) in [6.07, 6.45) is 1.14. The molecule has 3 rings (SSSR count). The van der Waals surface area contributed by atoms with Gasteiger partial charge in [-0.15, -0.1) is 5.10 Å². The third-order valence-corrected chi connectivity index (χ3v) is 4.77. The molecule has 0 radical (unpaired) electrons. The molecule has 31 heavy (non-hydrogen) atoms. The van der Waals surface area contributed by atoms with Crippen LogP contribution in [0.4, 0.5) is 17.3 Å². The lowest BCUT2D eigenvalue weighted by Gasteiger charge is -2.12. The van der Waals surface area contributed by atoms with Crippen molar-refractivity contribution in [1.82, 2.24) is 20.1 Å². The van der Waals surface area contributed by atoms with E-state index in [1.54, 1.807) is 42.1 Å². The van der Waals surface area contributed by atoms with Crippen molar-refractivity contribution >= 4 is 41.0 Å². The Labute approximate surface area is 185 Å². The number of anilines is 3. The summed E-state index contributed by atoms with van der Waals surface area (Å²) in [6, 6.07) is 8.55. The number of aryl methyl sites for hydroxylation is 1. The number of benzene rings is 2. The number of carbonyl (C=O) groups is 1. The van der Waals surface area contributed by atoms with Crippen LogP contribution in [-0.2, 0) is 7.05 Å². The van der Waals surface area contributed by atoms with Gasteiger partial charge in [0.1, 0.15) is 5.75 Å². The molecule has 3 aromatic rings. The van der Waals surface area contributed by atoms with Crippen molar-refractivity contribution in [1.29, 1.82) is 5.41 Å². The number of nitrogens with two attached hydrogens (primary N) is 1. The van der Waals surface area contributed by atoms with E-state index in [1.165, 1.54) is 7.11 Å². The first-order valence-corrected chi connectivity index (χ1v) is 9.88. The average molecular weight is 442 g/mol. The Morgan fingerprint density at radius 2 is 2.06 bits per heavy atom. The van der Waals surface area contributed by atoms with Crippen molar-refractivity contribution in [3.63, 3.8) is 0 Å². The number of halogens is 1. The third kappa shape index (κ3) is 4.77. The van der Waals surface area contributed by atoms with Gasteiger partial charge < -0.3 is 26.5 Å². The minimum absolute atomic E-state index is 0.0120. The van der Waals surface area contributed by atoms with Crippen LogP contribution in [0.15, 0.2) is 30.3 Å². The highest BCUT2D eigenvalue weighted by Crippen LogP contribution is 2.30. The molecule has 5 N–H and O–H groups in total. The quantitative estimate of drug-likeness (QED) is 0.327. The van der Waals surface area contributed by atoms with Crippen LogP contribution in [0.1, 0.15) is 29.8 Å². The predicted octanol–water partition coefficient (Wildman–Crippen LogP) is 3.61. The summed E-state index contributed by atoms with van der Waals surface area (Å²) >= 11 is 6.15. The van der Waals surface area contributed by atoms with Gasteiger partial charge in [0.25, 0.3) is 5.91 Å². The number of hydrogen-bond acceptors (Lipinski definition) is 7. The molecule has 0 aliphatic carbocycles. The molecule has 0 saturated heterocycles. The summed E-state index contributed by atoms with van der Waals surface area (Å²) in [5.41, 5.74) is 8.46. The number of nitrogens with zero attached hydrogens (tertiary/aromatic N) is 3. The van der Waals surface area contributed by atoms with E-state index in [-0.39, 0.29) is 11.9 Å². The smallest absolute Gasteiger partial charge is 0.255 e. The Bertz CT molecular complexity index is 1140. The minimum atomic E-state index is -0.211. The molecule has 1 aromatic heterocycles. The zero-order valence-corrected chi connectivity index (χ0v) is 18.4. The monoisotopic (exact) mass is 441 g/mol. The second-order valence-electron chi connectivity index (χ2n) is 7.16. The van der Waals surface area contributed by atoms with Crippen LogP contribution < -0.4 is 21.1 Å². The van der Waals surface area contributed by atoms with Crippen molar-refractivity contribution in [3.8, 4) is 17.1 Å². The van der Waals surface area contributed by atoms with Crippen LogP contribution in [0.25, 0.3) is 11.4 Å². The molecule has 0 aliphatic rings. The SMILES string of the molecule is COc1cc(-c2nc(Nc3cc(Cl)c(N)c(C=N)c3)n(C)n2)ccc1C(=O)NC(C)C. The van der Waals surface area contributed by atoms with Crippen molar-refractivity contribution in [2.75, 3.05) is 18.2 Å². The topological polar surface area (TPSA) is 131 Å². The predicted molar refractivity (Wildman–Crippen MR) is 123 cm³/mol. The molecule has 1 amide bonds. The lowest BCUT2D eigenvalue weighted by molar-refractivity contribution is 0.0940. The van der Waals surface area contributed by atoms with Crippen molar-refractivity contribution in [2.24, 2.45) is 7.05 Å². The van der Waals surface area contributed by atoms with Crippen LogP contribution in [0.2, 0.25) is 5.02 Å². The van der Waals surface area contributed by atoms with Gasteiger partial charge in [-0.3, -0.25) is 4.79 Å². The molecule has 2 aromatic carbocycles. The van der Waals surface area contributed by atoms with Crippen LogP contribution >= 0.6 is 11.6 Å². The number of rotatable bonds is 7. The van der Waals surface area contributed by atoms with E-state index in [0.29, 0.717) is 50.6 Å². The largest absolute Gasteiger partial charge is 0.496 e. The highest BCUT2D eigenvalue weighted by Gasteiger charge is 2.17. The molecule has 0 unspecified atom stereocenters. The number of hydrogen-bond donors (Lipinski definition) is 4. The van der Waals surface area contributed by atoms with E-state index >= 15 is 0 Å². The van der Waals surface area contributed by atoms with Crippen LogP contribution in [0, 0.1) is 5.41 Å². The molecule has 0 spiro atoms. The number of ether oxygens (including phenoxy) is 1. The summed E-state index contributed by atoms with van der Waals surface area (Å²) in [4.78, 5) is 16.9. The molecule has 0 bridgehead atoms. The molecule has 0 fully saturated rings. The molecule has 9 nitrogen and oxygen atoms in total.